The van der Waals surface area contributed by atoms with Gasteiger partial charge in [-0.15, -0.1) is 0 Å². The van der Waals surface area contributed by atoms with Crippen LogP contribution in [0.25, 0.3) is 0 Å². The van der Waals surface area contributed by atoms with Crippen molar-refractivity contribution in [3.05, 3.63) is 23.0 Å². The maximum absolute atomic E-state index is 12.0. The van der Waals surface area contributed by atoms with Crippen LogP contribution in [0.4, 0.5) is 4.79 Å². The quantitative estimate of drug-likeness (QED) is 0.494. The summed E-state index contributed by atoms with van der Waals surface area (Å²) in [5, 5.41) is 36.8. The molecule has 0 aromatic heterocycles. The summed E-state index contributed by atoms with van der Waals surface area (Å²) in [5.74, 6) is 0.268. The number of nitrogens with one attached hydrogen (secondary N) is 3. The van der Waals surface area contributed by atoms with Crippen LogP contribution >= 0.6 is 0 Å². The average molecular weight is 348 g/mol. The Kier molecular flexibility index (Phi) is 4.63. The molecular weight excluding hydrogens is 324 g/mol. The molecule has 0 saturated carbocycles. The second-order valence-corrected chi connectivity index (χ2v) is 6.79. The third-order valence-corrected chi connectivity index (χ3v) is 5.20. The van der Waals surface area contributed by atoms with Gasteiger partial charge in [-0.1, -0.05) is 6.92 Å². The lowest BCUT2D eigenvalue weighted by Gasteiger charge is -2.44. The number of likely N-dealkylation sites (N-methyl/N-ethyl adjacent to an activating group) is 1. The highest BCUT2D eigenvalue weighted by Gasteiger charge is 2.40. The van der Waals surface area contributed by atoms with Gasteiger partial charge in [0.05, 0.1) is 11.6 Å². The number of likely N-dealkylation sites (tertiary alicyclic amines) is 1. The van der Waals surface area contributed by atoms with Crippen LogP contribution in [0.15, 0.2) is 23.0 Å². The summed E-state index contributed by atoms with van der Waals surface area (Å²) >= 11 is 0. The molecule has 5 N–H and O–H groups in total. The van der Waals surface area contributed by atoms with Crippen molar-refractivity contribution in [3.63, 3.8) is 0 Å². The van der Waals surface area contributed by atoms with Crippen molar-refractivity contribution in [2.45, 2.75) is 32.0 Å². The van der Waals surface area contributed by atoms with E-state index in [-0.39, 0.29) is 17.7 Å². The Morgan fingerprint density at radius 3 is 2.88 bits per heavy atom. The van der Waals surface area contributed by atoms with Gasteiger partial charge in [-0.2, -0.15) is 5.26 Å². The second-order valence-electron chi connectivity index (χ2n) is 6.79. The Morgan fingerprint density at radius 1 is 1.40 bits per heavy atom. The predicted molar refractivity (Wildman–Crippen MR) is 89.9 cm³/mol. The van der Waals surface area contributed by atoms with Crippen molar-refractivity contribution in [2.75, 3.05) is 26.7 Å². The van der Waals surface area contributed by atoms with Gasteiger partial charge in [0.2, 0.25) is 5.88 Å². The van der Waals surface area contributed by atoms with Crippen LogP contribution in [0.3, 0.4) is 0 Å². The van der Waals surface area contributed by atoms with E-state index in [2.05, 4.69) is 33.8 Å². The Morgan fingerprint density at radius 2 is 2.16 bits per heavy atom. The smallest absolute Gasteiger partial charge is 0.322 e. The molecular formula is C16H24N6O3. The first-order chi connectivity index (χ1) is 11.9. The highest BCUT2D eigenvalue weighted by molar-refractivity contribution is 5.79. The second kappa shape index (κ2) is 6.72. The van der Waals surface area contributed by atoms with Crippen LogP contribution < -0.4 is 16.0 Å². The van der Waals surface area contributed by atoms with E-state index in [0.29, 0.717) is 23.7 Å². The summed E-state index contributed by atoms with van der Waals surface area (Å²) in [7, 11) is 1.88. The Labute approximate surface area is 146 Å². The molecule has 9 heteroatoms. The number of hydrogen-bond donors (Lipinski definition) is 5. The standard InChI is InChI=1S/C16H24N6O3/c1-9-4-7-22(6-3-5-17)8-10(9)21(2)14-11-12(23)15(24)18-13(11)19-16(25)20-14/h9-10,13,18,23-24H,3-4,6-8H2,1-2H3,(H2,19,20,25). The number of urea groups is 1. The molecule has 0 aromatic carbocycles. The summed E-state index contributed by atoms with van der Waals surface area (Å²) in [5.41, 5.74) is 0.431. The summed E-state index contributed by atoms with van der Waals surface area (Å²) in [6.07, 6.45) is 0.826. The summed E-state index contributed by atoms with van der Waals surface area (Å²) in [6, 6.07) is 1.90. The summed E-state index contributed by atoms with van der Waals surface area (Å²) < 4.78 is 0. The van der Waals surface area contributed by atoms with Crippen molar-refractivity contribution < 1.29 is 15.0 Å². The van der Waals surface area contributed by atoms with Gasteiger partial charge in [0.1, 0.15) is 12.0 Å². The molecule has 0 spiro atoms. The van der Waals surface area contributed by atoms with Gasteiger partial charge in [-0.05, 0) is 18.9 Å². The monoisotopic (exact) mass is 348 g/mol. The van der Waals surface area contributed by atoms with Crippen molar-refractivity contribution in [1.29, 1.82) is 5.26 Å². The number of carbonyl (C=O) groups is 1. The SMILES string of the molecule is CC1CCN(CCC#N)CC1N(C)C1=C2C(O)=C(O)NC2NC(=O)N1. The lowest BCUT2D eigenvalue weighted by molar-refractivity contribution is 0.0898. The fourth-order valence-corrected chi connectivity index (χ4v) is 3.71. The first-order valence-corrected chi connectivity index (χ1v) is 8.45. The molecule has 3 unspecified atom stereocenters. The van der Waals surface area contributed by atoms with Crippen LogP contribution in [0.2, 0.25) is 0 Å². The third kappa shape index (κ3) is 3.17. The molecule has 25 heavy (non-hydrogen) atoms. The van der Waals surface area contributed by atoms with Crippen LogP contribution in [0.5, 0.6) is 0 Å². The molecule has 136 valence electrons. The molecule has 1 saturated heterocycles. The van der Waals surface area contributed by atoms with Gasteiger partial charge < -0.3 is 30.6 Å². The van der Waals surface area contributed by atoms with E-state index < -0.39 is 12.2 Å². The first kappa shape index (κ1) is 17.2. The van der Waals surface area contributed by atoms with Gasteiger partial charge in [0, 0.05) is 32.6 Å². The van der Waals surface area contributed by atoms with Crippen molar-refractivity contribution in [3.8, 4) is 6.07 Å². The molecule has 0 aromatic rings. The number of carbonyl (C=O) groups excluding carboxylic acids is 1. The molecule has 3 aliphatic heterocycles. The van der Waals surface area contributed by atoms with Gasteiger partial charge in [0.15, 0.2) is 5.76 Å². The van der Waals surface area contributed by atoms with Crippen LogP contribution in [0.1, 0.15) is 19.8 Å². The van der Waals surface area contributed by atoms with E-state index in [1.165, 1.54) is 0 Å². The maximum atomic E-state index is 12.0. The molecule has 3 atom stereocenters. The van der Waals surface area contributed by atoms with E-state index >= 15 is 0 Å². The van der Waals surface area contributed by atoms with Crippen LogP contribution in [-0.2, 0) is 0 Å². The zero-order valence-electron chi connectivity index (χ0n) is 14.4. The molecule has 9 nitrogen and oxygen atoms in total. The Bertz CT molecular complexity index is 667. The summed E-state index contributed by atoms with van der Waals surface area (Å²) in [4.78, 5) is 16.2. The zero-order valence-corrected chi connectivity index (χ0v) is 14.4. The Balaban J connectivity index is 1.86. The maximum Gasteiger partial charge on any atom is 0.322 e. The molecule has 3 aliphatic rings. The number of aliphatic hydroxyl groups is 2. The molecule has 0 bridgehead atoms. The number of hydrogen-bond acceptors (Lipinski definition) is 7. The molecule has 3 heterocycles. The molecule has 2 amide bonds. The topological polar surface area (TPSA) is 124 Å². The van der Waals surface area contributed by atoms with E-state index in [4.69, 9.17) is 5.26 Å². The third-order valence-electron chi connectivity index (χ3n) is 5.20. The first-order valence-electron chi connectivity index (χ1n) is 8.45. The van der Waals surface area contributed by atoms with E-state index in [0.717, 1.165) is 26.1 Å². The van der Waals surface area contributed by atoms with Crippen molar-refractivity contribution >= 4 is 6.03 Å². The minimum absolute atomic E-state index is 0.115. The Hall–Kier alpha value is -2.60. The highest BCUT2D eigenvalue weighted by Crippen LogP contribution is 2.30. The number of nitrogens with zero attached hydrogens (tertiary/aromatic N) is 3. The lowest BCUT2D eigenvalue weighted by atomic mass is 9.92. The minimum atomic E-state index is -0.653. The fraction of sp³-hybridized carbons (Fsp3) is 0.625. The number of piperidine rings is 1. The number of fused-ring (bicyclic) bond motifs is 1. The van der Waals surface area contributed by atoms with E-state index in [9.17, 15) is 15.0 Å². The van der Waals surface area contributed by atoms with Gasteiger partial charge in [0.25, 0.3) is 0 Å². The number of nitriles is 1. The van der Waals surface area contributed by atoms with Crippen LogP contribution in [0, 0.1) is 17.2 Å². The van der Waals surface area contributed by atoms with Gasteiger partial charge in [-0.25, -0.2) is 4.79 Å². The van der Waals surface area contributed by atoms with E-state index in [1.54, 1.807) is 0 Å². The van der Waals surface area contributed by atoms with Crippen molar-refractivity contribution in [1.82, 2.24) is 25.8 Å². The zero-order chi connectivity index (χ0) is 18.1. The largest absolute Gasteiger partial charge is 0.503 e. The number of rotatable bonds is 4. The summed E-state index contributed by atoms with van der Waals surface area (Å²) in [6.45, 7) is 4.61. The normalized spacial score (nSPS) is 29.5. The average Bonchev–Trinajstić information content (AvgIpc) is 2.87. The van der Waals surface area contributed by atoms with Gasteiger partial charge >= 0.3 is 6.03 Å². The fourth-order valence-electron chi connectivity index (χ4n) is 3.71. The lowest BCUT2D eigenvalue weighted by Crippen LogP contribution is -2.58. The molecule has 3 rings (SSSR count). The molecule has 0 radical (unpaired) electrons. The van der Waals surface area contributed by atoms with Gasteiger partial charge in [-0.3, -0.25) is 5.32 Å². The number of aliphatic hydroxyl groups excluding tert-OH is 2. The van der Waals surface area contributed by atoms with Crippen molar-refractivity contribution in [2.24, 2.45) is 5.92 Å². The van der Waals surface area contributed by atoms with Crippen LogP contribution in [-0.4, -0.2) is 64.9 Å². The minimum Gasteiger partial charge on any atom is -0.503 e. The molecule has 1 fully saturated rings. The predicted octanol–water partition coefficient (Wildman–Crippen LogP) is 0.281. The highest BCUT2D eigenvalue weighted by atomic mass is 16.3. The van der Waals surface area contributed by atoms with E-state index in [1.807, 2.05) is 11.9 Å². The molecule has 0 aliphatic carbocycles. The number of amides is 2.